The number of carbonyl (C=O) groups excluding carboxylic acids is 2. The van der Waals surface area contributed by atoms with Crippen LogP contribution in [0, 0.1) is 0 Å². The summed E-state index contributed by atoms with van der Waals surface area (Å²) in [5.41, 5.74) is 0. The van der Waals surface area contributed by atoms with Crippen molar-refractivity contribution in [2.24, 2.45) is 0 Å². The second-order valence-corrected chi connectivity index (χ2v) is 2.03. The van der Waals surface area contributed by atoms with Crippen LogP contribution in [0.15, 0.2) is 0 Å². The van der Waals surface area contributed by atoms with Crippen LogP contribution in [0.3, 0.4) is 0 Å². The van der Waals surface area contributed by atoms with Gasteiger partial charge in [-0.15, -0.1) is 0 Å². The highest BCUT2D eigenvalue weighted by molar-refractivity contribution is 5.51. The van der Waals surface area contributed by atoms with Crippen molar-refractivity contribution in [3.8, 4) is 0 Å². The van der Waals surface area contributed by atoms with E-state index in [0.29, 0.717) is 13.0 Å². The van der Waals surface area contributed by atoms with Crippen molar-refractivity contribution in [3.63, 3.8) is 0 Å². The van der Waals surface area contributed by atoms with Crippen molar-refractivity contribution in [3.05, 3.63) is 0 Å². The molecule has 0 spiro atoms. The van der Waals surface area contributed by atoms with Crippen molar-refractivity contribution in [2.45, 2.75) is 19.3 Å². The van der Waals surface area contributed by atoms with E-state index in [1.807, 2.05) is 0 Å². The second kappa shape index (κ2) is 8.30. The summed E-state index contributed by atoms with van der Waals surface area (Å²) in [5, 5.41) is 2.91. The van der Waals surface area contributed by atoms with Gasteiger partial charge in [0.05, 0.1) is 6.54 Å². The minimum atomic E-state index is 0.418. The summed E-state index contributed by atoms with van der Waals surface area (Å²) in [6.45, 7) is 1.24. The lowest BCUT2D eigenvalue weighted by Crippen LogP contribution is -2.17. The first-order valence-corrected chi connectivity index (χ1v) is 3.50. The van der Waals surface area contributed by atoms with Gasteiger partial charge in [0.15, 0.2) is 0 Å². The molecule has 0 aliphatic rings. The Hall–Kier alpha value is -0.700. The fraction of sp³-hybridized carbons (Fsp3) is 0.714. The van der Waals surface area contributed by atoms with Gasteiger partial charge in [0, 0.05) is 6.42 Å². The lowest BCUT2D eigenvalue weighted by Gasteiger charge is -1.96. The molecule has 1 N–H and O–H groups in total. The summed E-state index contributed by atoms with van der Waals surface area (Å²) in [4.78, 5) is 19.6. The molecule has 0 amide bonds. The number of nitrogens with one attached hydrogen (secondary N) is 1. The minimum Gasteiger partial charge on any atom is -0.310 e. The molecule has 0 saturated heterocycles. The third-order valence-electron chi connectivity index (χ3n) is 1.15. The van der Waals surface area contributed by atoms with Crippen LogP contribution in [0.25, 0.3) is 0 Å². The molecule has 0 radical (unpaired) electrons. The normalized spacial score (nSPS) is 9.20. The fourth-order valence-corrected chi connectivity index (χ4v) is 0.639. The van der Waals surface area contributed by atoms with E-state index in [9.17, 15) is 9.59 Å². The Morgan fingerprint density at radius 3 is 2.50 bits per heavy atom. The molecule has 0 aromatic carbocycles. The van der Waals surface area contributed by atoms with E-state index in [1.165, 1.54) is 0 Å². The smallest absolute Gasteiger partial charge is 0.133 e. The Morgan fingerprint density at radius 1 is 1.10 bits per heavy atom. The summed E-state index contributed by atoms with van der Waals surface area (Å²) < 4.78 is 0. The molecule has 0 rings (SSSR count). The maximum absolute atomic E-state index is 9.82. The number of aldehydes is 2. The molecule has 3 heteroatoms. The highest BCUT2D eigenvalue weighted by Gasteiger charge is 1.86. The van der Waals surface area contributed by atoms with Gasteiger partial charge in [-0.2, -0.15) is 0 Å². The Labute approximate surface area is 60.8 Å². The first-order chi connectivity index (χ1) is 4.91. The van der Waals surface area contributed by atoms with Crippen LogP contribution in [0.5, 0.6) is 0 Å². The Balaban J connectivity index is 2.76. The molecule has 3 nitrogen and oxygen atoms in total. The largest absolute Gasteiger partial charge is 0.310 e. The first kappa shape index (κ1) is 9.30. The quantitative estimate of drug-likeness (QED) is 0.407. The van der Waals surface area contributed by atoms with Crippen LogP contribution < -0.4 is 5.32 Å². The minimum absolute atomic E-state index is 0.418. The molecule has 0 saturated carbocycles. The molecule has 0 fully saturated rings. The molecular formula is C7H13NO2. The Bertz CT molecular complexity index is 81.6. The monoisotopic (exact) mass is 143 g/mol. The van der Waals surface area contributed by atoms with Gasteiger partial charge in [0.1, 0.15) is 12.6 Å². The van der Waals surface area contributed by atoms with Crippen molar-refractivity contribution in [1.82, 2.24) is 5.32 Å². The van der Waals surface area contributed by atoms with Crippen LogP contribution in [0.1, 0.15) is 19.3 Å². The average molecular weight is 143 g/mol. The zero-order valence-electron chi connectivity index (χ0n) is 6.01. The summed E-state index contributed by atoms with van der Waals surface area (Å²) in [6.07, 6.45) is 4.25. The molecule has 58 valence electrons. The molecule has 0 atom stereocenters. The maximum Gasteiger partial charge on any atom is 0.133 e. The second-order valence-electron chi connectivity index (χ2n) is 2.03. The van der Waals surface area contributed by atoms with Crippen molar-refractivity contribution in [1.29, 1.82) is 0 Å². The molecule has 0 aromatic rings. The predicted octanol–water partition coefficient (Wildman–Crippen LogP) is 0.144. The summed E-state index contributed by atoms with van der Waals surface area (Å²) >= 11 is 0. The van der Waals surface area contributed by atoms with Gasteiger partial charge in [-0.05, 0) is 19.4 Å². The predicted molar refractivity (Wildman–Crippen MR) is 38.8 cm³/mol. The number of carbonyl (C=O) groups is 2. The van der Waals surface area contributed by atoms with Gasteiger partial charge in [-0.1, -0.05) is 0 Å². The number of hydrogen-bond donors (Lipinski definition) is 1. The summed E-state index contributed by atoms with van der Waals surface area (Å²) in [5.74, 6) is 0. The lowest BCUT2D eigenvalue weighted by atomic mass is 10.2. The van der Waals surface area contributed by atoms with Crippen LogP contribution >= 0.6 is 0 Å². The van der Waals surface area contributed by atoms with E-state index in [1.54, 1.807) is 0 Å². The van der Waals surface area contributed by atoms with E-state index in [4.69, 9.17) is 0 Å². The summed E-state index contributed by atoms with van der Waals surface area (Å²) in [7, 11) is 0. The van der Waals surface area contributed by atoms with Crippen LogP contribution in [-0.2, 0) is 9.59 Å². The van der Waals surface area contributed by atoms with Crippen LogP contribution in [0.2, 0.25) is 0 Å². The van der Waals surface area contributed by atoms with Crippen molar-refractivity contribution < 1.29 is 9.59 Å². The fourth-order valence-electron chi connectivity index (χ4n) is 0.639. The van der Waals surface area contributed by atoms with Gasteiger partial charge in [-0.3, -0.25) is 0 Å². The molecule has 0 bridgehead atoms. The maximum atomic E-state index is 9.82. The molecular weight excluding hydrogens is 130 g/mol. The Kier molecular flexibility index (Phi) is 7.72. The van der Waals surface area contributed by atoms with E-state index >= 15 is 0 Å². The topological polar surface area (TPSA) is 46.2 Å². The Morgan fingerprint density at radius 2 is 1.90 bits per heavy atom. The lowest BCUT2D eigenvalue weighted by molar-refractivity contribution is -0.108. The third kappa shape index (κ3) is 7.30. The summed E-state index contributed by atoms with van der Waals surface area (Å²) in [6, 6.07) is 0. The van der Waals surface area contributed by atoms with E-state index in [-0.39, 0.29) is 0 Å². The van der Waals surface area contributed by atoms with Crippen molar-refractivity contribution >= 4 is 12.6 Å². The van der Waals surface area contributed by atoms with E-state index in [2.05, 4.69) is 5.32 Å². The highest BCUT2D eigenvalue weighted by Crippen LogP contribution is 1.88. The van der Waals surface area contributed by atoms with E-state index in [0.717, 1.165) is 32.0 Å². The molecule has 0 unspecified atom stereocenters. The van der Waals surface area contributed by atoms with Gasteiger partial charge in [-0.25, -0.2) is 0 Å². The number of hydrogen-bond acceptors (Lipinski definition) is 3. The third-order valence-corrected chi connectivity index (χ3v) is 1.15. The van der Waals surface area contributed by atoms with Crippen LogP contribution in [0.4, 0.5) is 0 Å². The highest BCUT2D eigenvalue weighted by atomic mass is 16.1. The molecule has 0 aromatic heterocycles. The zero-order valence-corrected chi connectivity index (χ0v) is 6.01. The molecule has 0 aliphatic carbocycles. The zero-order chi connectivity index (χ0) is 7.66. The first-order valence-electron chi connectivity index (χ1n) is 3.50. The molecule has 0 heterocycles. The average Bonchev–Trinajstić information content (AvgIpc) is 1.97. The van der Waals surface area contributed by atoms with E-state index < -0.39 is 0 Å². The number of rotatable bonds is 7. The van der Waals surface area contributed by atoms with Gasteiger partial charge < -0.3 is 14.9 Å². The van der Waals surface area contributed by atoms with Gasteiger partial charge >= 0.3 is 0 Å². The molecule has 10 heavy (non-hydrogen) atoms. The van der Waals surface area contributed by atoms with Gasteiger partial charge in [0.2, 0.25) is 0 Å². The SMILES string of the molecule is O=CCCCCNCC=O. The van der Waals surface area contributed by atoms with Crippen LogP contribution in [-0.4, -0.2) is 25.7 Å². The van der Waals surface area contributed by atoms with Gasteiger partial charge in [0.25, 0.3) is 0 Å². The molecule has 0 aliphatic heterocycles. The standard InChI is InChI=1S/C7H13NO2/c9-6-3-1-2-4-8-5-7-10/h6-8H,1-5H2. The van der Waals surface area contributed by atoms with Crippen molar-refractivity contribution in [2.75, 3.05) is 13.1 Å². The number of unbranched alkanes of at least 4 members (excludes halogenated alkanes) is 2.